The molecule has 0 amide bonds. The van der Waals surface area contributed by atoms with Gasteiger partial charge in [-0.05, 0) is 20.3 Å². The summed E-state index contributed by atoms with van der Waals surface area (Å²) in [5.41, 5.74) is 1.57. The van der Waals surface area contributed by atoms with Gasteiger partial charge in [-0.3, -0.25) is 0 Å². The number of aryl methyl sites for hydroxylation is 1. The van der Waals surface area contributed by atoms with Gasteiger partial charge >= 0.3 is 0 Å². The molecule has 1 aromatic carbocycles. The molecule has 2 N–H and O–H groups in total. The van der Waals surface area contributed by atoms with Crippen molar-refractivity contribution in [2.45, 2.75) is 33.2 Å². The Kier molecular flexibility index (Phi) is 6.09. The largest absolute Gasteiger partial charge is 0.495 e. The number of halogens is 1. The van der Waals surface area contributed by atoms with E-state index >= 15 is 0 Å². The summed E-state index contributed by atoms with van der Waals surface area (Å²) in [7, 11) is 3.16. The average Bonchev–Trinajstić information content (AvgIpc) is 2.55. The van der Waals surface area contributed by atoms with Gasteiger partial charge in [0.15, 0.2) is 0 Å². The number of ether oxygens (including phenoxy) is 2. The Balaban J connectivity index is 2.33. The minimum Gasteiger partial charge on any atom is -0.495 e. The SMILES string of the molecule is CCC(C)Nc1nc(C)cc(Nc2cc(OC)c(Cl)cc2OC)n1. The van der Waals surface area contributed by atoms with Gasteiger partial charge in [0.25, 0.3) is 0 Å². The van der Waals surface area contributed by atoms with Crippen molar-refractivity contribution in [1.29, 1.82) is 0 Å². The van der Waals surface area contributed by atoms with E-state index in [-0.39, 0.29) is 0 Å². The number of hydrogen-bond acceptors (Lipinski definition) is 6. The molecule has 1 atom stereocenters. The second-order valence-corrected chi connectivity index (χ2v) is 5.89. The summed E-state index contributed by atoms with van der Waals surface area (Å²) in [5, 5.41) is 7.01. The fourth-order valence-corrected chi connectivity index (χ4v) is 2.35. The van der Waals surface area contributed by atoms with Crippen LogP contribution in [-0.2, 0) is 0 Å². The van der Waals surface area contributed by atoms with Crippen LogP contribution in [0.5, 0.6) is 11.5 Å². The van der Waals surface area contributed by atoms with Crippen molar-refractivity contribution in [3.8, 4) is 11.5 Å². The highest BCUT2D eigenvalue weighted by Crippen LogP contribution is 2.37. The molecule has 7 heteroatoms. The fraction of sp³-hybridized carbons (Fsp3) is 0.412. The first-order valence-electron chi connectivity index (χ1n) is 7.77. The normalized spacial score (nSPS) is 11.8. The lowest BCUT2D eigenvalue weighted by Gasteiger charge is -2.16. The molecule has 0 aliphatic rings. The molecule has 0 fully saturated rings. The lowest BCUT2D eigenvalue weighted by molar-refractivity contribution is 0.405. The average molecular weight is 351 g/mol. The molecule has 0 bridgehead atoms. The fourth-order valence-electron chi connectivity index (χ4n) is 2.12. The third-order valence-electron chi connectivity index (χ3n) is 3.58. The van der Waals surface area contributed by atoms with Crippen molar-refractivity contribution < 1.29 is 9.47 Å². The summed E-state index contributed by atoms with van der Waals surface area (Å²) in [6.45, 7) is 6.12. The molecular formula is C17H23ClN4O2. The van der Waals surface area contributed by atoms with E-state index in [9.17, 15) is 0 Å². The van der Waals surface area contributed by atoms with E-state index in [4.69, 9.17) is 21.1 Å². The van der Waals surface area contributed by atoms with Crippen LogP contribution >= 0.6 is 11.6 Å². The Bertz CT molecular complexity index is 709. The molecule has 0 spiro atoms. The number of anilines is 3. The van der Waals surface area contributed by atoms with E-state index in [0.717, 1.165) is 12.1 Å². The van der Waals surface area contributed by atoms with Gasteiger partial charge in [0.2, 0.25) is 5.95 Å². The van der Waals surface area contributed by atoms with Crippen LogP contribution in [0.25, 0.3) is 0 Å². The van der Waals surface area contributed by atoms with Crippen LogP contribution in [0.4, 0.5) is 17.5 Å². The molecule has 0 saturated carbocycles. The summed E-state index contributed by atoms with van der Waals surface area (Å²) < 4.78 is 10.6. The predicted octanol–water partition coefficient (Wildman–Crippen LogP) is 4.41. The first-order valence-corrected chi connectivity index (χ1v) is 8.15. The molecule has 0 saturated heterocycles. The smallest absolute Gasteiger partial charge is 0.225 e. The summed E-state index contributed by atoms with van der Waals surface area (Å²) in [4.78, 5) is 8.92. The zero-order chi connectivity index (χ0) is 17.7. The number of nitrogens with zero attached hydrogens (tertiary/aromatic N) is 2. The van der Waals surface area contributed by atoms with Gasteiger partial charge in [0.1, 0.15) is 17.3 Å². The molecule has 130 valence electrons. The molecule has 2 rings (SSSR count). The molecule has 1 unspecified atom stereocenters. The summed E-state index contributed by atoms with van der Waals surface area (Å²) >= 11 is 6.14. The van der Waals surface area contributed by atoms with Gasteiger partial charge in [0, 0.05) is 29.9 Å². The lowest BCUT2D eigenvalue weighted by Crippen LogP contribution is -2.16. The highest BCUT2D eigenvalue weighted by atomic mass is 35.5. The maximum atomic E-state index is 6.14. The third kappa shape index (κ3) is 4.41. The van der Waals surface area contributed by atoms with E-state index < -0.39 is 0 Å². The van der Waals surface area contributed by atoms with Crippen molar-refractivity contribution in [3.05, 3.63) is 28.9 Å². The van der Waals surface area contributed by atoms with E-state index in [0.29, 0.717) is 40.0 Å². The Hall–Kier alpha value is -2.21. The molecule has 1 aromatic heterocycles. The number of benzene rings is 1. The van der Waals surface area contributed by atoms with Crippen molar-refractivity contribution in [2.24, 2.45) is 0 Å². The predicted molar refractivity (Wildman–Crippen MR) is 98.0 cm³/mol. The number of nitrogens with one attached hydrogen (secondary N) is 2. The Morgan fingerprint density at radius 3 is 2.46 bits per heavy atom. The first-order chi connectivity index (χ1) is 11.5. The van der Waals surface area contributed by atoms with Crippen LogP contribution in [-0.4, -0.2) is 30.2 Å². The van der Waals surface area contributed by atoms with Gasteiger partial charge in [-0.2, -0.15) is 4.98 Å². The van der Waals surface area contributed by atoms with Gasteiger partial charge in [-0.25, -0.2) is 4.98 Å². The van der Waals surface area contributed by atoms with Crippen molar-refractivity contribution in [1.82, 2.24) is 9.97 Å². The zero-order valence-corrected chi connectivity index (χ0v) is 15.4. The number of methoxy groups -OCH3 is 2. The Labute approximate surface area is 147 Å². The summed E-state index contributed by atoms with van der Waals surface area (Å²) in [6.07, 6.45) is 0.988. The van der Waals surface area contributed by atoms with Gasteiger partial charge in [-0.15, -0.1) is 0 Å². The topological polar surface area (TPSA) is 68.3 Å². The molecular weight excluding hydrogens is 328 g/mol. The van der Waals surface area contributed by atoms with Gasteiger partial charge in [-0.1, -0.05) is 18.5 Å². The number of aromatic nitrogens is 2. The van der Waals surface area contributed by atoms with Crippen LogP contribution in [0.15, 0.2) is 18.2 Å². The van der Waals surface area contributed by atoms with Crippen LogP contribution in [0.1, 0.15) is 26.0 Å². The molecule has 2 aromatic rings. The van der Waals surface area contributed by atoms with Crippen LogP contribution in [0.2, 0.25) is 5.02 Å². The summed E-state index contributed by atoms with van der Waals surface area (Å²) in [5.74, 6) is 2.42. The maximum absolute atomic E-state index is 6.14. The molecule has 0 aliphatic heterocycles. The van der Waals surface area contributed by atoms with E-state index in [1.807, 2.05) is 13.0 Å². The maximum Gasteiger partial charge on any atom is 0.225 e. The van der Waals surface area contributed by atoms with Crippen molar-refractivity contribution >= 4 is 29.1 Å². The Morgan fingerprint density at radius 2 is 1.83 bits per heavy atom. The van der Waals surface area contributed by atoms with E-state index in [2.05, 4.69) is 34.4 Å². The molecule has 0 aliphatic carbocycles. The third-order valence-corrected chi connectivity index (χ3v) is 3.87. The first kappa shape index (κ1) is 18.1. The standard InChI is InChI=1S/C17H23ClN4O2/c1-6-10(2)19-17-20-11(3)7-16(22-17)21-13-9-14(23-4)12(18)8-15(13)24-5/h7-10H,6H2,1-5H3,(H2,19,20,21,22). The quantitative estimate of drug-likeness (QED) is 0.770. The second-order valence-electron chi connectivity index (χ2n) is 5.48. The molecule has 24 heavy (non-hydrogen) atoms. The highest BCUT2D eigenvalue weighted by Gasteiger charge is 2.12. The molecule has 1 heterocycles. The van der Waals surface area contributed by atoms with Crippen LogP contribution in [0, 0.1) is 6.92 Å². The minimum absolute atomic E-state index is 0.296. The number of rotatable bonds is 7. The highest BCUT2D eigenvalue weighted by molar-refractivity contribution is 6.32. The van der Waals surface area contributed by atoms with Crippen LogP contribution < -0.4 is 20.1 Å². The second kappa shape index (κ2) is 8.06. The van der Waals surface area contributed by atoms with Crippen molar-refractivity contribution in [3.63, 3.8) is 0 Å². The van der Waals surface area contributed by atoms with Crippen LogP contribution in [0.3, 0.4) is 0 Å². The van der Waals surface area contributed by atoms with Gasteiger partial charge in [0.05, 0.1) is 24.9 Å². The monoisotopic (exact) mass is 350 g/mol. The minimum atomic E-state index is 0.296. The summed E-state index contributed by atoms with van der Waals surface area (Å²) in [6, 6.07) is 5.64. The van der Waals surface area contributed by atoms with Crippen molar-refractivity contribution in [2.75, 3.05) is 24.9 Å². The van der Waals surface area contributed by atoms with E-state index in [1.54, 1.807) is 26.4 Å². The van der Waals surface area contributed by atoms with E-state index in [1.165, 1.54) is 0 Å². The Morgan fingerprint density at radius 1 is 1.12 bits per heavy atom. The lowest BCUT2D eigenvalue weighted by atomic mass is 10.2. The van der Waals surface area contributed by atoms with Gasteiger partial charge < -0.3 is 20.1 Å². The molecule has 6 nitrogen and oxygen atoms in total. The zero-order valence-electron chi connectivity index (χ0n) is 14.6. The number of hydrogen-bond donors (Lipinski definition) is 2. The molecule has 0 radical (unpaired) electrons.